The molecule has 1 atom stereocenters. The van der Waals surface area contributed by atoms with Gasteiger partial charge in [-0.3, -0.25) is 18.9 Å². The standard InChI is InChI=1S/C28H54NO9P/c1-3-4-5-6-7-8-12-15-18-21-28(32)38-26(24-37-39(33,34)35)23-36-27(31)20-17-14-11-9-10-13-16-19-22-29-25(2)30/h26H,3-24H2,1-2H3,(H,29,30)(H2,33,34,35)/t26-/m1/s1. The summed E-state index contributed by atoms with van der Waals surface area (Å²) >= 11 is 0. The van der Waals surface area contributed by atoms with Gasteiger partial charge < -0.3 is 24.6 Å². The molecule has 3 N–H and O–H groups in total. The van der Waals surface area contributed by atoms with Crippen molar-refractivity contribution in [1.29, 1.82) is 0 Å². The minimum Gasteiger partial charge on any atom is -0.462 e. The first-order chi connectivity index (χ1) is 18.6. The predicted molar refractivity (Wildman–Crippen MR) is 151 cm³/mol. The molecule has 11 heteroatoms. The third kappa shape index (κ3) is 29.3. The van der Waals surface area contributed by atoms with E-state index in [9.17, 15) is 18.9 Å². The Bertz CT molecular complexity index is 684. The van der Waals surface area contributed by atoms with Gasteiger partial charge in [0.25, 0.3) is 0 Å². The highest BCUT2D eigenvalue weighted by molar-refractivity contribution is 7.46. The molecule has 0 bridgehead atoms. The molecule has 0 aromatic heterocycles. The fraction of sp³-hybridized carbons (Fsp3) is 0.893. The van der Waals surface area contributed by atoms with Crippen molar-refractivity contribution in [3.63, 3.8) is 0 Å². The monoisotopic (exact) mass is 579 g/mol. The maximum Gasteiger partial charge on any atom is 0.469 e. The first-order valence-electron chi connectivity index (χ1n) is 14.9. The number of unbranched alkanes of at least 4 members (excludes halogenated alkanes) is 15. The summed E-state index contributed by atoms with van der Waals surface area (Å²) in [5.74, 6) is -0.934. The number of amides is 1. The molecule has 10 nitrogen and oxygen atoms in total. The molecule has 0 heterocycles. The maximum absolute atomic E-state index is 12.2. The second-order valence-electron chi connectivity index (χ2n) is 10.2. The van der Waals surface area contributed by atoms with Gasteiger partial charge in [-0.2, -0.15) is 0 Å². The molecule has 0 aromatic carbocycles. The maximum atomic E-state index is 12.2. The number of rotatable bonds is 27. The van der Waals surface area contributed by atoms with Gasteiger partial charge in [0.05, 0.1) is 6.61 Å². The summed E-state index contributed by atoms with van der Waals surface area (Å²) in [6.45, 7) is 3.58. The minimum atomic E-state index is -4.75. The van der Waals surface area contributed by atoms with Crippen molar-refractivity contribution in [2.24, 2.45) is 0 Å². The lowest BCUT2D eigenvalue weighted by molar-refractivity contribution is -0.161. The van der Waals surface area contributed by atoms with Gasteiger partial charge in [-0.15, -0.1) is 0 Å². The Morgan fingerprint density at radius 3 is 1.64 bits per heavy atom. The van der Waals surface area contributed by atoms with Gasteiger partial charge in [0.2, 0.25) is 5.91 Å². The lowest BCUT2D eigenvalue weighted by Crippen LogP contribution is -2.29. The Morgan fingerprint density at radius 2 is 1.15 bits per heavy atom. The highest BCUT2D eigenvalue weighted by Gasteiger charge is 2.22. The fourth-order valence-electron chi connectivity index (χ4n) is 4.10. The predicted octanol–water partition coefficient (Wildman–Crippen LogP) is 6.12. The molecule has 0 unspecified atom stereocenters. The smallest absolute Gasteiger partial charge is 0.462 e. The first-order valence-corrected chi connectivity index (χ1v) is 16.5. The van der Waals surface area contributed by atoms with Crippen molar-refractivity contribution < 1.29 is 42.7 Å². The zero-order valence-electron chi connectivity index (χ0n) is 24.3. The molecule has 0 aromatic rings. The van der Waals surface area contributed by atoms with Crippen LogP contribution < -0.4 is 5.32 Å². The molecule has 0 radical (unpaired) electrons. The van der Waals surface area contributed by atoms with E-state index in [1.807, 2.05) is 0 Å². The van der Waals surface area contributed by atoms with Crippen molar-refractivity contribution in [3.05, 3.63) is 0 Å². The molecule has 0 rings (SSSR count). The second-order valence-corrected chi connectivity index (χ2v) is 11.5. The molecular weight excluding hydrogens is 525 g/mol. The Hall–Kier alpha value is -1.48. The van der Waals surface area contributed by atoms with Crippen LogP contribution in [0.15, 0.2) is 0 Å². The van der Waals surface area contributed by atoms with Crippen LogP contribution in [-0.2, 0) is 32.9 Å². The zero-order valence-corrected chi connectivity index (χ0v) is 25.2. The number of phosphoric ester groups is 1. The lowest BCUT2D eigenvalue weighted by Gasteiger charge is -2.18. The highest BCUT2D eigenvalue weighted by atomic mass is 31.2. The molecule has 230 valence electrons. The number of nitrogens with one attached hydrogen (secondary N) is 1. The Kier molecular flexibility index (Phi) is 24.5. The number of hydrogen-bond acceptors (Lipinski definition) is 7. The van der Waals surface area contributed by atoms with Crippen molar-refractivity contribution >= 4 is 25.7 Å². The van der Waals surface area contributed by atoms with Crippen LogP contribution in [0.5, 0.6) is 0 Å². The zero-order chi connectivity index (χ0) is 29.2. The Labute approximate surface area is 235 Å². The first kappa shape index (κ1) is 37.5. The van der Waals surface area contributed by atoms with E-state index >= 15 is 0 Å². The van der Waals surface area contributed by atoms with E-state index in [1.54, 1.807) is 0 Å². The normalized spacial score (nSPS) is 12.2. The molecule has 39 heavy (non-hydrogen) atoms. The van der Waals surface area contributed by atoms with Crippen molar-refractivity contribution in [3.8, 4) is 0 Å². The van der Waals surface area contributed by atoms with E-state index in [1.165, 1.54) is 39.0 Å². The van der Waals surface area contributed by atoms with Gasteiger partial charge in [0.1, 0.15) is 6.61 Å². The molecule has 0 spiro atoms. The highest BCUT2D eigenvalue weighted by Crippen LogP contribution is 2.35. The Morgan fingerprint density at radius 1 is 0.692 bits per heavy atom. The quantitative estimate of drug-likeness (QED) is 0.0594. The van der Waals surface area contributed by atoms with Gasteiger partial charge in [-0.1, -0.05) is 96.8 Å². The molecule has 0 aliphatic heterocycles. The molecule has 1 amide bonds. The van der Waals surface area contributed by atoms with Crippen LogP contribution >= 0.6 is 7.82 Å². The van der Waals surface area contributed by atoms with E-state index in [-0.39, 0.29) is 25.4 Å². The number of carbonyl (C=O) groups is 3. The fourth-order valence-corrected chi connectivity index (χ4v) is 4.46. The summed E-state index contributed by atoms with van der Waals surface area (Å²) in [7, 11) is -4.75. The van der Waals surface area contributed by atoms with Gasteiger partial charge in [0.15, 0.2) is 6.10 Å². The van der Waals surface area contributed by atoms with Crippen molar-refractivity contribution in [2.75, 3.05) is 19.8 Å². The summed E-state index contributed by atoms with van der Waals surface area (Å²) in [5, 5.41) is 2.79. The third-order valence-corrected chi connectivity index (χ3v) is 6.81. The number of ether oxygens (including phenoxy) is 2. The summed E-state index contributed by atoms with van der Waals surface area (Å²) in [6, 6.07) is 0. The molecule has 0 aliphatic carbocycles. The average molecular weight is 580 g/mol. The topological polar surface area (TPSA) is 148 Å². The number of carbonyl (C=O) groups excluding carboxylic acids is 3. The van der Waals surface area contributed by atoms with Crippen LogP contribution in [0.2, 0.25) is 0 Å². The molecule has 0 saturated carbocycles. The molecular formula is C28H54NO9P. The van der Waals surface area contributed by atoms with E-state index < -0.39 is 32.5 Å². The number of phosphoric acid groups is 1. The second kappa shape index (κ2) is 25.5. The largest absolute Gasteiger partial charge is 0.469 e. The van der Waals surface area contributed by atoms with Crippen LogP contribution in [0.3, 0.4) is 0 Å². The van der Waals surface area contributed by atoms with E-state index in [0.717, 1.165) is 70.8 Å². The number of esters is 2. The number of hydrogen-bond donors (Lipinski definition) is 3. The van der Waals surface area contributed by atoms with E-state index in [2.05, 4.69) is 16.8 Å². The molecule has 0 saturated heterocycles. The van der Waals surface area contributed by atoms with Crippen LogP contribution in [0, 0.1) is 0 Å². The van der Waals surface area contributed by atoms with Gasteiger partial charge in [-0.25, -0.2) is 4.57 Å². The van der Waals surface area contributed by atoms with Crippen LogP contribution in [0.4, 0.5) is 0 Å². The van der Waals surface area contributed by atoms with E-state index in [4.69, 9.17) is 19.3 Å². The Balaban J connectivity index is 4.03. The average Bonchev–Trinajstić information content (AvgIpc) is 2.87. The summed E-state index contributed by atoms with van der Waals surface area (Å²) in [6.07, 6.45) is 17.4. The van der Waals surface area contributed by atoms with Gasteiger partial charge >= 0.3 is 19.8 Å². The summed E-state index contributed by atoms with van der Waals surface area (Å²) in [5.41, 5.74) is 0. The van der Waals surface area contributed by atoms with Crippen LogP contribution in [0.25, 0.3) is 0 Å². The molecule has 0 fully saturated rings. The third-order valence-electron chi connectivity index (χ3n) is 6.32. The van der Waals surface area contributed by atoms with Crippen molar-refractivity contribution in [2.45, 2.75) is 142 Å². The summed E-state index contributed by atoms with van der Waals surface area (Å²) in [4.78, 5) is 53.0. The van der Waals surface area contributed by atoms with E-state index in [0.29, 0.717) is 12.8 Å². The lowest BCUT2D eigenvalue weighted by atomic mass is 10.1. The van der Waals surface area contributed by atoms with Crippen LogP contribution in [0.1, 0.15) is 136 Å². The SMILES string of the molecule is CCCCCCCCCCCC(=O)O[C@H](COC(=O)CCCCCCCCCCNC(C)=O)COP(=O)(O)O. The van der Waals surface area contributed by atoms with Gasteiger partial charge in [0, 0.05) is 26.3 Å². The summed E-state index contributed by atoms with van der Waals surface area (Å²) < 4.78 is 26.0. The molecule has 0 aliphatic rings. The van der Waals surface area contributed by atoms with Crippen LogP contribution in [-0.4, -0.2) is 53.5 Å². The van der Waals surface area contributed by atoms with Gasteiger partial charge in [-0.05, 0) is 19.3 Å². The minimum absolute atomic E-state index is 0.00359. The van der Waals surface area contributed by atoms with Crippen molar-refractivity contribution in [1.82, 2.24) is 5.32 Å².